The monoisotopic (exact) mass is 237 g/mol. The van der Waals surface area contributed by atoms with E-state index in [1.54, 1.807) is 11.8 Å². The summed E-state index contributed by atoms with van der Waals surface area (Å²) in [6.45, 7) is 0.699. The van der Waals surface area contributed by atoms with Crippen LogP contribution in [-0.4, -0.2) is 26.9 Å². The zero-order valence-corrected chi connectivity index (χ0v) is 9.78. The Balaban J connectivity index is 2.29. The number of aromatic nitrogens is 2. The van der Waals surface area contributed by atoms with Crippen molar-refractivity contribution in [1.82, 2.24) is 9.38 Å². The maximum absolute atomic E-state index is 8.75. The van der Waals surface area contributed by atoms with Gasteiger partial charge < -0.3 is 15.2 Å². The van der Waals surface area contributed by atoms with E-state index in [4.69, 9.17) is 10.8 Å². The third-order valence-corrected chi connectivity index (χ3v) is 3.42. The van der Waals surface area contributed by atoms with E-state index in [1.807, 2.05) is 28.8 Å². The number of thioether (sulfide) groups is 1. The van der Waals surface area contributed by atoms with Crippen molar-refractivity contribution in [3.05, 3.63) is 30.1 Å². The van der Waals surface area contributed by atoms with Crippen molar-refractivity contribution < 1.29 is 5.11 Å². The summed E-state index contributed by atoms with van der Waals surface area (Å²) in [5, 5.41) is 9.72. The number of aliphatic hydroxyl groups excluding tert-OH is 1. The molecule has 0 amide bonds. The highest BCUT2D eigenvalue weighted by Gasteiger charge is 2.10. The van der Waals surface area contributed by atoms with Gasteiger partial charge in [0.15, 0.2) is 0 Å². The molecular weight excluding hydrogens is 222 g/mol. The van der Waals surface area contributed by atoms with Crippen LogP contribution < -0.4 is 5.73 Å². The summed E-state index contributed by atoms with van der Waals surface area (Å²) in [6.07, 6.45) is 2.75. The van der Waals surface area contributed by atoms with E-state index >= 15 is 0 Å². The van der Waals surface area contributed by atoms with Gasteiger partial charge in [0, 0.05) is 25.1 Å². The van der Waals surface area contributed by atoms with Gasteiger partial charge >= 0.3 is 0 Å². The highest BCUT2D eigenvalue weighted by atomic mass is 32.2. The van der Waals surface area contributed by atoms with Crippen LogP contribution in [0.5, 0.6) is 0 Å². The summed E-state index contributed by atoms with van der Waals surface area (Å²) in [7, 11) is 0. The molecular formula is C11H15N3OS. The van der Waals surface area contributed by atoms with Gasteiger partial charge in [0.25, 0.3) is 0 Å². The van der Waals surface area contributed by atoms with Gasteiger partial charge in [-0.05, 0) is 18.6 Å². The van der Waals surface area contributed by atoms with E-state index in [2.05, 4.69) is 4.98 Å². The molecule has 5 heteroatoms. The van der Waals surface area contributed by atoms with E-state index in [0.29, 0.717) is 6.54 Å². The minimum atomic E-state index is 0.221. The van der Waals surface area contributed by atoms with Crippen LogP contribution >= 0.6 is 11.8 Å². The second-order valence-electron chi connectivity index (χ2n) is 3.42. The average Bonchev–Trinajstić information content (AvgIpc) is 2.67. The Morgan fingerprint density at radius 2 is 2.31 bits per heavy atom. The molecule has 0 unspecified atom stereocenters. The topological polar surface area (TPSA) is 63.5 Å². The SMILES string of the molecule is NCc1c(SCCCO)nc2ccccn12. The number of hydrogen-bond acceptors (Lipinski definition) is 4. The van der Waals surface area contributed by atoms with Crippen molar-refractivity contribution in [2.45, 2.75) is 18.0 Å². The Hall–Kier alpha value is -1.04. The predicted octanol–water partition coefficient (Wildman–Crippen LogP) is 1.27. The molecule has 2 rings (SSSR count). The summed E-state index contributed by atoms with van der Waals surface area (Å²) < 4.78 is 2.02. The minimum absolute atomic E-state index is 0.221. The van der Waals surface area contributed by atoms with Crippen LogP contribution in [0, 0.1) is 0 Å². The lowest BCUT2D eigenvalue weighted by Crippen LogP contribution is -2.02. The van der Waals surface area contributed by atoms with Crippen LogP contribution in [0.15, 0.2) is 29.4 Å². The lowest BCUT2D eigenvalue weighted by molar-refractivity contribution is 0.296. The molecule has 86 valence electrons. The first-order valence-corrected chi connectivity index (χ1v) is 6.25. The van der Waals surface area contributed by atoms with Crippen molar-refractivity contribution in [3.63, 3.8) is 0 Å². The Morgan fingerprint density at radius 1 is 1.44 bits per heavy atom. The highest BCUT2D eigenvalue weighted by Crippen LogP contribution is 2.23. The fourth-order valence-corrected chi connectivity index (χ4v) is 2.53. The van der Waals surface area contributed by atoms with Crippen LogP contribution in [-0.2, 0) is 6.54 Å². The molecule has 0 saturated heterocycles. The normalized spacial score (nSPS) is 11.1. The minimum Gasteiger partial charge on any atom is -0.396 e. The maximum atomic E-state index is 8.75. The molecule has 0 saturated carbocycles. The molecule has 4 nitrogen and oxygen atoms in total. The van der Waals surface area contributed by atoms with E-state index in [-0.39, 0.29) is 6.61 Å². The Bertz CT molecular complexity index is 469. The molecule has 0 aliphatic heterocycles. The fourth-order valence-electron chi connectivity index (χ4n) is 1.56. The number of nitrogens with zero attached hydrogens (tertiary/aromatic N) is 2. The van der Waals surface area contributed by atoms with Crippen molar-refractivity contribution in [1.29, 1.82) is 0 Å². The largest absolute Gasteiger partial charge is 0.396 e. The number of nitrogens with two attached hydrogens (primary N) is 1. The molecule has 0 aliphatic rings. The summed E-state index contributed by atoms with van der Waals surface area (Å²) in [4.78, 5) is 4.52. The predicted molar refractivity (Wildman–Crippen MR) is 65.5 cm³/mol. The molecule has 0 aliphatic carbocycles. The van der Waals surface area contributed by atoms with Crippen molar-refractivity contribution in [3.8, 4) is 0 Å². The van der Waals surface area contributed by atoms with Gasteiger partial charge in [-0.3, -0.25) is 0 Å². The average molecular weight is 237 g/mol. The van der Waals surface area contributed by atoms with Crippen LogP contribution in [0.3, 0.4) is 0 Å². The Labute approximate surface area is 98.5 Å². The lowest BCUT2D eigenvalue weighted by Gasteiger charge is -2.00. The Kier molecular flexibility index (Phi) is 3.82. The molecule has 16 heavy (non-hydrogen) atoms. The first-order valence-electron chi connectivity index (χ1n) is 5.26. The number of fused-ring (bicyclic) bond motifs is 1. The van der Waals surface area contributed by atoms with E-state index in [9.17, 15) is 0 Å². The molecule has 0 atom stereocenters. The molecule has 2 aromatic heterocycles. The van der Waals surface area contributed by atoms with Gasteiger partial charge in [-0.2, -0.15) is 0 Å². The molecule has 2 aromatic rings. The number of imidazole rings is 1. The molecule has 0 radical (unpaired) electrons. The van der Waals surface area contributed by atoms with E-state index in [0.717, 1.165) is 28.5 Å². The van der Waals surface area contributed by atoms with Crippen molar-refractivity contribution in [2.75, 3.05) is 12.4 Å². The number of hydrogen-bond donors (Lipinski definition) is 2. The Morgan fingerprint density at radius 3 is 3.06 bits per heavy atom. The standard InChI is InChI=1S/C11H15N3OS/c12-8-9-11(16-7-3-6-15)13-10-4-1-2-5-14(9)10/h1-2,4-5,15H,3,6-8,12H2. The third-order valence-electron chi connectivity index (χ3n) is 2.33. The van der Waals surface area contributed by atoms with Gasteiger partial charge in [-0.25, -0.2) is 4.98 Å². The maximum Gasteiger partial charge on any atom is 0.138 e. The quantitative estimate of drug-likeness (QED) is 0.607. The zero-order chi connectivity index (χ0) is 11.4. The van der Waals surface area contributed by atoms with Gasteiger partial charge in [0.1, 0.15) is 10.7 Å². The molecule has 0 aromatic carbocycles. The lowest BCUT2D eigenvalue weighted by atomic mass is 10.4. The summed E-state index contributed by atoms with van der Waals surface area (Å²) in [5.41, 5.74) is 7.71. The second kappa shape index (κ2) is 5.34. The first-order chi connectivity index (χ1) is 7.86. The zero-order valence-electron chi connectivity index (χ0n) is 8.97. The summed E-state index contributed by atoms with van der Waals surface area (Å²) >= 11 is 1.65. The molecule has 0 bridgehead atoms. The smallest absolute Gasteiger partial charge is 0.138 e. The van der Waals surface area contributed by atoms with Gasteiger partial charge in [-0.1, -0.05) is 6.07 Å². The number of rotatable bonds is 5. The number of pyridine rings is 1. The summed E-state index contributed by atoms with van der Waals surface area (Å²) in [5.74, 6) is 0.868. The molecule has 0 spiro atoms. The highest BCUT2D eigenvalue weighted by molar-refractivity contribution is 7.99. The van der Waals surface area contributed by atoms with Crippen LogP contribution in [0.25, 0.3) is 5.65 Å². The number of aliphatic hydroxyl groups is 1. The summed E-state index contributed by atoms with van der Waals surface area (Å²) in [6, 6.07) is 5.90. The second-order valence-corrected chi connectivity index (χ2v) is 4.51. The van der Waals surface area contributed by atoms with E-state index in [1.165, 1.54) is 0 Å². The van der Waals surface area contributed by atoms with Crippen molar-refractivity contribution in [2.24, 2.45) is 5.73 Å². The van der Waals surface area contributed by atoms with Crippen LogP contribution in [0.2, 0.25) is 0 Å². The first kappa shape index (κ1) is 11.4. The van der Waals surface area contributed by atoms with E-state index < -0.39 is 0 Å². The van der Waals surface area contributed by atoms with Crippen molar-refractivity contribution >= 4 is 17.4 Å². The van der Waals surface area contributed by atoms with Gasteiger partial charge in [0.05, 0.1) is 5.69 Å². The van der Waals surface area contributed by atoms with Gasteiger partial charge in [-0.15, -0.1) is 11.8 Å². The molecule has 2 heterocycles. The van der Waals surface area contributed by atoms with Gasteiger partial charge in [0.2, 0.25) is 0 Å². The third kappa shape index (κ3) is 2.21. The fraction of sp³-hybridized carbons (Fsp3) is 0.364. The van der Waals surface area contributed by atoms with Crippen LogP contribution in [0.4, 0.5) is 0 Å². The molecule has 0 fully saturated rings. The molecule has 3 N–H and O–H groups in total. The van der Waals surface area contributed by atoms with Crippen LogP contribution in [0.1, 0.15) is 12.1 Å².